The van der Waals surface area contributed by atoms with Crippen molar-refractivity contribution in [2.24, 2.45) is 4.99 Å². The highest BCUT2D eigenvalue weighted by Gasteiger charge is 2.20. The van der Waals surface area contributed by atoms with Crippen molar-refractivity contribution in [2.45, 2.75) is 13.8 Å². The maximum absolute atomic E-state index is 5.96. The third-order valence-electron chi connectivity index (χ3n) is 4.67. The van der Waals surface area contributed by atoms with Crippen LogP contribution >= 0.6 is 0 Å². The van der Waals surface area contributed by atoms with Gasteiger partial charge in [0.25, 0.3) is 0 Å². The molecule has 2 heterocycles. The number of para-hydroxylation sites is 1. The monoisotopic (exact) mass is 368 g/mol. The highest BCUT2D eigenvalue weighted by atomic mass is 16.5. The van der Waals surface area contributed by atoms with Gasteiger partial charge in [0.05, 0.1) is 6.54 Å². The fraction of sp³-hybridized carbons (Fsp3) is 0.450. The zero-order valence-corrected chi connectivity index (χ0v) is 16.4. The molecule has 1 aliphatic heterocycles. The summed E-state index contributed by atoms with van der Waals surface area (Å²) in [6.07, 6.45) is 3.57. The second kappa shape index (κ2) is 9.21. The normalized spacial score (nSPS) is 15.0. The minimum Gasteiger partial charge on any atom is -0.491 e. The second-order valence-corrected chi connectivity index (χ2v) is 6.57. The Bertz CT molecular complexity index is 736. The molecule has 1 aliphatic rings. The topological polar surface area (TPSA) is 65.9 Å². The van der Waals surface area contributed by atoms with Gasteiger partial charge < -0.3 is 19.9 Å². The van der Waals surface area contributed by atoms with Crippen LogP contribution in [-0.4, -0.2) is 67.2 Å². The van der Waals surface area contributed by atoms with Gasteiger partial charge in [-0.15, -0.1) is 0 Å². The van der Waals surface area contributed by atoms with Crippen LogP contribution in [0.2, 0.25) is 0 Å². The van der Waals surface area contributed by atoms with Gasteiger partial charge in [0, 0.05) is 45.6 Å². The quantitative estimate of drug-likeness (QED) is 0.494. The van der Waals surface area contributed by atoms with Gasteiger partial charge in [-0.1, -0.05) is 18.2 Å². The number of aryl methyl sites for hydroxylation is 2. The zero-order chi connectivity index (χ0) is 19.1. The van der Waals surface area contributed by atoms with E-state index in [1.165, 1.54) is 11.1 Å². The number of piperazine rings is 1. The van der Waals surface area contributed by atoms with E-state index >= 15 is 0 Å². The summed E-state index contributed by atoms with van der Waals surface area (Å²) in [6, 6.07) is 8.04. The summed E-state index contributed by atoms with van der Waals surface area (Å²) in [5.74, 6) is 2.68. The van der Waals surface area contributed by atoms with E-state index in [2.05, 4.69) is 62.1 Å². The molecule has 7 nitrogen and oxygen atoms in total. The number of hydrogen-bond donors (Lipinski definition) is 1. The molecule has 1 saturated heterocycles. The Balaban J connectivity index is 1.45. The predicted octanol–water partition coefficient (Wildman–Crippen LogP) is 1.87. The van der Waals surface area contributed by atoms with E-state index in [4.69, 9.17) is 4.74 Å². The van der Waals surface area contributed by atoms with Crippen molar-refractivity contribution in [1.29, 1.82) is 0 Å². The summed E-state index contributed by atoms with van der Waals surface area (Å²) in [5.41, 5.74) is 2.33. The highest BCUT2D eigenvalue weighted by molar-refractivity contribution is 5.80. The standard InChI is InChI=1S/C20H28N6O/c1-16-6-4-7-17(2)18(16)27-15-10-24-19(21-3)25-11-13-26(14-12-25)20-22-8-5-9-23-20/h4-9H,10-15H2,1-3H3,(H,21,24). The number of nitrogens with zero attached hydrogens (tertiary/aromatic N) is 5. The van der Waals surface area contributed by atoms with E-state index in [0.29, 0.717) is 13.2 Å². The number of aromatic nitrogens is 2. The van der Waals surface area contributed by atoms with Crippen LogP contribution in [0.3, 0.4) is 0 Å². The van der Waals surface area contributed by atoms with Crippen molar-refractivity contribution in [3.05, 3.63) is 47.8 Å². The molecule has 0 saturated carbocycles. The number of nitrogens with one attached hydrogen (secondary N) is 1. The largest absolute Gasteiger partial charge is 0.491 e. The smallest absolute Gasteiger partial charge is 0.225 e. The summed E-state index contributed by atoms with van der Waals surface area (Å²) >= 11 is 0. The lowest BCUT2D eigenvalue weighted by Gasteiger charge is -2.36. The van der Waals surface area contributed by atoms with Gasteiger partial charge >= 0.3 is 0 Å². The fourth-order valence-corrected chi connectivity index (χ4v) is 3.25. The number of hydrogen-bond acceptors (Lipinski definition) is 5. The van der Waals surface area contributed by atoms with Gasteiger partial charge in [-0.3, -0.25) is 4.99 Å². The number of aliphatic imine (C=N–C) groups is 1. The van der Waals surface area contributed by atoms with Crippen molar-refractivity contribution in [3.8, 4) is 5.75 Å². The van der Waals surface area contributed by atoms with Crippen molar-refractivity contribution in [1.82, 2.24) is 20.2 Å². The molecule has 0 aliphatic carbocycles. The van der Waals surface area contributed by atoms with Crippen LogP contribution in [0.15, 0.2) is 41.7 Å². The van der Waals surface area contributed by atoms with E-state index < -0.39 is 0 Å². The van der Waals surface area contributed by atoms with Gasteiger partial charge in [0.2, 0.25) is 5.95 Å². The molecule has 1 aromatic carbocycles. The van der Waals surface area contributed by atoms with E-state index in [1.807, 2.05) is 13.1 Å². The maximum atomic E-state index is 5.96. The van der Waals surface area contributed by atoms with Crippen LogP contribution in [0.25, 0.3) is 0 Å². The molecule has 0 spiro atoms. The molecule has 0 unspecified atom stereocenters. The molecule has 144 valence electrons. The fourth-order valence-electron chi connectivity index (χ4n) is 3.25. The van der Waals surface area contributed by atoms with Crippen LogP contribution in [0, 0.1) is 13.8 Å². The molecule has 1 aromatic heterocycles. The van der Waals surface area contributed by atoms with Crippen LogP contribution in [0.5, 0.6) is 5.75 Å². The minimum atomic E-state index is 0.600. The first-order valence-corrected chi connectivity index (χ1v) is 9.35. The van der Waals surface area contributed by atoms with Gasteiger partial charge in [0.1, 0.15) is 12.4 Å². The van der Waals surface area contributed by atoms with Crippen molar-refractivity contribution >= 4 is 11.9 Å². The Kier molecular flexibility index (Phi) is 6.46. The van der Waals surface area contributed by atoms with Crippen LogP contribution in [-0.2, 0) is 0 Å². The summed E-state index contributed by atoms with van der Waals surface area (Å²) in [7, 11) is 1.82. The number of benzene rings is 1. The van der Waals surface area contributed by atoms with Gasteiger partial charge in [-0.2, -0.15) is 0 Å². The third-order valence-corrected chi connectivity index (χ3v) is 4.67. The average molecular weight is 368 g/mol. The molecule has 0 atom stereocenters. The minimum absolute atomic E-state index is 0.600. The van der Waals surface area contributed by atoms with E-state index in [-0.39, 0.29) is 0 Å². The summed E-state index contributed by atoms with van der Waals surface area (Å²) in [6.45, 7) is 8.98. The second-order valence-electron chi connectivity index (χ2n) is 6.57. The first-order valence-electron chi connectivity index (χ1n) is 9.35. The van der Waals surface area contributed by atoms with E-state index in [1.54, 1.807) is 12.4 Å². The lowest BCUT2D eigenvalue weighted by atomic mass is 10.1. The molecule has 0 amide bonds. The molecule has 27 heavy (non-hydrogen) atoms. The summed E-state index contributed by atoms with van der Waals surface area (Å²) in [4.78, 5) is 17.5. The molecule has 0 bridgehead atoms. The predicted molar refractivity (Wildman–Crippen MR) is 109 cm³/mol. The summed E-state index contributed by atoms with van der Waals surface area (Å²) < 4.78 is 5.96. The third kappa shape index (κ3) is 4.87. The Hall–Kier alpha value is -2.83. The van der Waals surface area contributed by atoms with Crippen LogP contribution in [0.1, 0.15) is 11.1 Å². The SMILES string of the molecule is CN=C(NCCOc1c(C)cccc1C)N1CCN(c2ncccn2)CC1. The Labute approximate surface area is 161 Å². The van der Waals surface area contributed by atoms with Crippen molar-refractivity contribution in [3.63, 3.8) is 0 Å². The molecule has 1 fully saturated rings. The van der Waals surface area contributed by atoms with Gasteiger partial charge in [-0.05, 0) is 31.0 Å². The molecule has 2 aromatic rings. The molecular weight excluding hydrogens is 340 g/mol. The highest BCUT2D eigenvalue weighted by Crippen LogP contribution is 2.21. The summed E-state index contributed by atoms with van der Waals surface area (Å²) in [5, 5.41) is 3.40. The first kappa shape index (κ1) is 18.9. The Morgan fingerprint density at radius 3 is 2.37 bits per heavy atom. The lowest BCUT2D eigenvalue weighted by Crippen LogP contribution is -2.53. The number of ether oxygens (including phenoxy) is 1. The van der Waals surface area contributed by atoms with E-state index in [0.717, 1.165) is 43.8 Å². The maximum Gasteiger partial charge on any atom is 0.225 e. The van der Waals surface area contributed by atoms with Gasteiger partial charge in [0.15, 0.2) is 5.96 Å². The lowest BCUT2D eigenvalue weighted by molar-refractivity contribution is 0.311. The van der Waals surface area contributed by atoms with Crippen LogP contribution < -0.4 is 15.0 Å². The molecule has 3 rings (SSSR count). The average Bonchev–Trinajstić information content (AvgIpc) is 2.71. The Morgan fingerprint density at radius 2 is 1.74 bits per heavy atom. The van der Waals surface area contributed by atoms with E-state index in [9.17, 15) is 0 Å². The van der Waals surface area contributed by atoms with Crippen LogP contribution in [0.4, 0.5) is 5.95 Å². The molecule has 7 heteroatoms. The number of guanidine groups is 1. The van der Waals surface area contributed by atoms with Gasteiger partial charge in [-0.25, -0.2) is 9.97 Å². The molecule has 1 N–H and O–H groups in total. The zero-order valence-electron chi connectivity index (χ0n) is 16.4. The molecule has 0 radical (unpaired) electrons. The Morgan fingerprint density at radius 1 is 1.07 bits per heavy atom. The number of rotatable bonds is 5. The number of anilines is 1. The van der Waals surface area contributed by atoms with Crippen molar-refractivity contribution < 1.29 is 4.74 Å². The first-order chi connectivity index (χ1) is 13.2. The van der Waals surface area contributed by atoms with Crippen molar-refractivity contribution in [2.75, 3.05) is 51.3 Å². The molecular formula is C20H28N6O.